The molecule has 25 heavy (non-hydrogen) atoms. The molecule has 0 aliphatic rings. The summed E-state index contributed by atoms with van der Waals surface area (Å²) in [5.74, 6) is -0.644. The first-order valence-electron chi connectivity index (χ1n) is 7.59. The summed E-state index contributed by atoms with van der Waals surface area (Å²) in [6.45, 7) is 5.19. The second-order valence-electron chi connectivity index (χ2n) is 5.65. The van der Waals surface area contributed by atoms with Crippen LogP contribution in [0.5, 0.6) is 0 Å². The lowest BCUT2D eigenvalue weighted by atomic mass is 10.1. The van der Waals surface area contributed by atoms with Crippen LogP contribution >= 0.6 is 0 Å². The smallest absolute Gasteiger partial charge is 0.265 e. The van der Waals surface area contributed by atoms with Crippen molar-refractivity contribution in [3.8, 4) is 0 Å². The van der Waals surface area contributed by atoms with Crippen LogP contribution in [0.15, 0.2) is 66.1 Å². The Morgan fingerprint density at radius 2 is 1.56 bits per heavy atom. The molecule has 0 heterocycles. The van der Waals surface area contributed by atoms with Gasteiger partial charge in [-0.1, -0.05) is 54.6 Å². The summed E-state index contributed by atoms with van der Waals surface area (Å²) in [4.78, 5) is 0.00388. The van der Waals surface area contributed by atoms with E-state index in [1.165, 1.54) is 12.1 Å². The molecule has 0 amide bonds. The van der Waals surface area contributed by atoms with Crippen molar-refractivity contribution >= 4 is 25.5 Å². The highest BCUT2D eigenvalue weighted by atomic mass is 32.2. The van der Waals surface area contributed by atoms with Gasteiger partial charge in [0.2, 0.25) is 0 Å². The SMILES string of the molecule is C=C(CS(=O)(=O)CCOS(=O)(=O)c1ccc(C)cc1)c1ccccc1. The summed E-state index contributed by atoms with van der Waals surface area (Å²) in [5.41, 5.74) is 2.11. The van der Waals surface area contributed by atoms with E-state index in [9.17, 15) is 16.8 Å². The summed E-state index contributed by atoms with van der Waals surface area (Å²) >= 11 is 0. The minimum absolute atomic E-state index is 0.00388. The highest BCUT2D eigenvalue weighted by molar-refractivity contribution is 7.91. The molecule has 0 atom stereocenters. The lowest BCUT2D eigenvalue weighted by Gasteiger charge is -2.09. The van der Waals surface area contributed by atoms with Crippen molar-refractivity contribution in [1.29, 1.82) is 0 Å². The van der Waals surface area contributed by atoms with Gasteiger partial charge in [-0.3, -0.25) is 4.18 Å². The molecule has 0 aliphatic carbocycles. The molecule has 5 nitrogen and oxygen atoms in total. The summed E-state index contributed by atoms with van der Waals surface area (Å²) in [5, 5.41) is 0. The highest BCUT2D eigenvalue weighted by Crippen LogP contribution is 2.16. The van der Waals surface area contributed by atoms with E-state index in [0.29, 0.717) is 5.57 Å². The van der Waals surface area contributed by atoms with Gasteiger partial charge in [0.15, 0.2) is 9.84 Å². The van der Waals surface area contributed by atoms with Crippen LogP contribution in [-0.2, 0) is 24.1 Å². The number of sulfone groups is 1. The van der Waals surface area contributed by atoms with Gasteiger partial charge in [-0.2, -0.15) is 8.42 Å². The van der Waals surface area contributed by atoms with E-state index < -0.39 is 32.3 Å². The number of hydrogen-bond donors (Lipinski definition) is 0. The molecule has 0 radical (unpaired) electrons. The van der Waals surface area contributed by atoms with Gasteiger partial charge in [0, 0.05) is 0 Å². The Labute approximate surface area is 149 Å². The van der Waals surface area contributed by atoms with Crippen molar-refractivity contribution in [3.63, 3.8) is 0 Å². The maximum atomic E-state index is 12.1. The Kier molecular flexibility index (Phi) is 6.16. The summed E-state index contributed by atoms with van der Waals surface area (Å²) in [7, 11) is -7.50. The monoisotopic (exact) mass is 380 g/mol. The predicted molar refractivity (Wildman–Crippen MR) is 98.4 cm³/mol. The standard InChI is InChI=1S/C18H20O5S2/c1-15-8-10-18(11-9-15)25(21,22)23-12-13-24(19,20)14-16(2)17-6-4-3-5-7-17/h3-11H,2,12-14H2,1H3. The van der Waals surface area contributed by atoms with Crippen LogP contribution in [-0.4, -0.2) is 34.9 Å². The minimum Gasteiger partial charge on any atom is -0.265 e. The van der Waals surface area contributed by atoms with Crippen LogP contribution in [0.1, 0.15) is 11.1 Å². The Bertz CT molecular complexity index is 929. The Hall–Kier alpha value is -1.96. The van der Waals surface area contributed by atoms with Crippen LogP contribution in [0.25, 0.3) is 5.57 Å². The molecule has 2 aromatic carbocycles. The van der Waals surface area contributed by atoms with Crippen LogP contribution in [0.4, 0.5) is 0 Å². The Morgan fingerprint density at radius 1 is 0.960 bits per heavy atom. The normalized spacial score (nSPS) is 12.0. The molecular weight excluding hydrogens is 360 g/mol. The van der Waals surface area contributed by atoms with Crippen LogP contribution in [0.2, 0.25) is 0 Å². The molecule has 134 valence electrons. The third-order valence-electron chi connectivity index (χ3n) is 3.52. The first-order valence-corrected chi connectivity index (χ1v) is 10.8. The van der Waals surface area contributed by atoms with Gasteiger partial charge in [0.05, 0.1) is 23.0 Å². The first kappa shape index (κ1) is 19.4. The fraction of sp³-hybridized carbons (Fsp3) is 0.222. The molecule has 0 N–H and O–H groups in total. The second-order valence-corrected chi connectivity index (χ2v) is 9.45. The van der Waals surface area contributed by atoms with Gasteiger partial charge < -0.3 is 0 Å². The van der Waals surface area contributed by atoms with E-state index in [-0.39, 0.29) is 10.6 Å². The number of aryl methyl sites for hydroxylation is 1. The van der Waals surface area contributed by atoms with Gasteiger partial charge in [-0.15, -0.1) is 0 Å². The van der Waals surface area contributed by atoms with E-state index in [4.69, 9.17) is 4.18 Å². The minimum atomic E-state index is -3.97. The fourth-order valence-electron chi connectivity index (χ4n) is 2.14. The number of hydrogen-bond acceptors (Lipinski definition) is 5. The fourth-order valence-corrected chi connectivity index (χ4v) is 4.33. The van der Waals surface area contributed by atoms with E-state index in [2.05, 4.69) is 6.58 Å². The zero-order valence-electron chi connectivity index (χ0n) is 13.9. The van der Waals surface area contributed by atoms with Gasteiger partial charge in [-0.25, -0.2) is 8.42 Å². The van der Waals surface area contributed by atoms with Gasteiger partial charge in [0.1, 0.15) is 0 Å². The van der Waals surface area contributed by atoms with Crippen molar-refractivity contribution in [1.82, 2.24) is 0 Å². The lowest BCUT2D eigenvalue weighted by molar-refractivity contribution is 0.339. The van der Waals surface area contributed by atoms with E-state index in [1.807, 2.05) is 13.0 Å². The van der Waals surface area contributed by atoms with E-state index in [1.54, 1.807) is 36.4 Å². The topological polar surface area (TPSA) is 77.5 Å². The average molecular weight is 380 g/mol. The average Bonchev–Trinajstić information content (AvgIpc) is 2.55. The van der Waals surface area contributed by atoms with Crippen LogP contribution < -0.4 is 0 Å². The third-order valence-corrected chi connectivity index (χ3v) is 6.42. The number of benzene rings is 2. The van der Waals surface area contributed by atoms with Crippen LogP contribution in [0.3, 0.4) is 0 Å². The van der Waals surface area contributed by atoms with Gasteiger partial charge in [-0.05, 0) is 30.2 Å². The van der Waals surface area contributed by atoms with Gasteiger partial charge >= 0.3 is 0 Å². The quantitative estimate of drug-likeness (QED) is 0.658. The Balaban J connectivity index is 1.93. The first-order chi connectivity index (χ1) is 11.7. The second kappa shape index (κ2) is 7.95. The zero-order chi connectivity index (χ0) is 18.5. The van der Waals surface area contributed by atoms with Crippen LogP contribution in [0, 0.1) is 6.92 Å². The predicted octanol–water partition coefficient (Wildman–Crippen LogP) is 2.83. The molecule has 0 saturated carbocycles. The summed E-state index contributed by atoms with van der Waals surface area (Å²) in [6, 6.07) is 15.1. The zero-order valence-corrected chi connectivity index (χ0v) is 15.5. The third kappa shape index (κ3) is 5.81. The van der Waals surface area contributed by atoms with Crippen molar-refractivity contribution in [3.05, 3.63) is 72.3 Å². The maximum absolute atomic E-state index is 12.1. The molecule has 0 saturated heterocycles. The Morgan fingerprint density at radius 3 is 2.16 bits per heavy atom. The molecule has 0 fully saturated rings. The van der Waals surface area contributed by atoms with Gasteiger partial charge in [0.25, 0.3) is 10.1 Å². The maximum Gasteiger partial charge on any atom is 0.297 e. The van der Waals surface area contributed by atoms with E-state index >= 15 is 0 Å². The molecule has 0 unspecified atom stereocenters. The van der Waals surface area contributed by atoms with Crippen molar-refractivity contribution < 1.29 is 21.0 Å². The molecular formula is C18H20O5S2. The van der Waals surface area contributed by atoms with Crippen molar-refractivity contribution in [2.75, 3.05) is 18.1 Å². The molecule has 0 bridgehead atoms. The highest BCUT2D eigenvalue weighted by Gasteiger charge is 2.19. The van der Waals surface area contributed by atoms with Crippen molar-refractivity contribution in [2.24, 2.45) is 0 Å². The summed E-state index contributed by atoms with van der Waals surface area (Å²) in [6.07, 6.45) is 0. The lowest BCUT2D eigenvalue weighted by Crippen LogP contribution is -2.18. The molecule has 0 spiro atoms. The summed E-state index contributed by atoms with van der Waals surface area (Å²) < 4.78 is 53.2. The molecule has 0 aromatic heterocycles. The van der Waals surface area contributed by atoms with E-state index in [0.717, 1.165) is 11.1 Å². The molecule has 0 aliphatic heterocycles. The molecule has 7 heteroatoms. The molecule has 2 rings (SSSR count). The number of rotatable bonds is 8. The molecule has 2 aromatic rings. The largest absolute Gasteiger partial charge is 0.297 e. The van der Waals surface area contributed by atoms with Crippen molar-refractivity contribution in [2.45, 2.75) is 11.8 Å².